The van der Waals surface area contributed by atoms with E-state index in [-0.39, 0.29) is 5.56 Å². The second kappa shape index (κ2) is 5.60. The minimum atomic E-state index is -0.0339. The monoisotopic (exact) mass is 403 g/mol. The van der Waals surface area contributed by atoms with Crippen LogP contribution < -0.4 is 10.5 Å². The zero-order valence-corrected chi connectivity index (χ0v) is 15.6. The molecule has 2 aromatic carbocycles. The summed E-state index contributed by atoms with van der Waals surface area (Å²) in [4.78, 5) is 19.7. The molecule has 4 rings (SSSR count). The summed E-state index contributed by atoms with van der Waals surface area (Å²) in [6, 6.07) is 9.79. The van der Waals surface area contributed by atoms with E-state index in [9.17, 15) is 4.79 Å². The molecule has 0 spiro atoms. The Labute approximate surface area is 152 Å². The van der Waals surface area contributed by atoms with Crippen molar-refractivity contribution in [3.05, 3.63) is 66.9 Å². The van der Waals surface area contributed by atoms with Crippen LogP contribution in [-0.2, 0) is 20.1 Å². The zero-order valence-electron chi connectivity index (χ0n) is 13.3. The van der Waals surface area contributed by atoms with Gasteiger partial charge in [0.25, 0.3) is 5.56 Å². The number of halogens is 2. The average molecular weight is 405 g/mol. The standard InChI is InChI=1S/C18H15BrClN3O/c1-10-5-14-16(15(19)6-10)21-18(22(2)17(14)24)23-8-11-3-4-13(20)7-12(11)9-23/h3-7H,8-9H2,1-2H3. The van der Waals surface area contributed by atoms with Crippen LogP contribution in [0.4, 0.5) is 5.95 Å². The van der Waals surface area contributed by atoms with Crippen LogP contribution in [0.1, 0.15) is 16.7 Å². The molecular formula is C18H15BrClN3O. The van der Waals surface area contributed by atoms with E-state index in [0.29, 0.717) is 23.4 Å². The molecule has 6 heteroatoms. The fourth-order valence-electron chi connectivity index (χ4n) is 3.25. The molecule has 122 valence electrons. The molecule has 1 aromatic heterocycles. The van der Waals surface area contributed by atoms with E-state index in [1.807, 2.05) is 37.3 Å². The Morgan fingerprint density at radius 1 is 1.17 bits per heavy atom. The second-order valence-corrected chi connectivity index (χ2v) is 7.48. The summed E-state index contributed by atoms with van der Waals surface area (Å²) in [5, 5.41) is 1.36. The Hall–Kier alpha value is -1.85. The van der Waals surface area contributed by atoms with E-state index in [1.54, 1.807) is 11.6 Å². The molecule has 0 unspecified atom stereocenters. The maximum Gasteiger partial charge on any atom is 0.262 e. The molecule has 1 aliphatic heterocycles. The molecule has 24 heavy (non-hydrogen) atoms. The molecule has 0 saturated carbocycles. The highest BCUT2D eigenvalue weighted by Crippen LogP contribution is 2.30. The van der Waals surface area contributed by atoms with Gasteiger partial charge in [-0.3, -0.25) is 9.36 Å². The summed E-state index contributed by atoms with van der Waals surface area (Å²) in [7, 11) is 1.77. The van der Waals surface area contributed by atoms with E-state index in [1.165, 1.54) is 11.1 Å². The topological polar surface area (TPSA) is 38.1 Å². The Morgan fingerprint density at radius 3 is 2.71 bits per heavy atom. The summed E-state index contributed by atoms with van der Waals surface area (Å²) in [5.41, 5.74) is 4.10. The number of fused-ring (bicyclic) bond motifs is 2. The predicted molar refractivity (Wildman–Crippen MR) is 101 cm³/mol. The first-order chi connectivity index (χ1) is 11.4. The van der Waals surface area contributed by atoms with Gasteiger partial charge in [0.1, 0.15) is 0 Å². The number of anilines is 1. The maximum atomic E-state index is 12.8. The van der Waals surface area contributed by atoms with Gasteiger partial charge in [0.2, 0.25) is 5.95 Å². The van der Waals surface area contributed by atoms with Crippen LogP contribution in [0, 0.1) is 6.92 Å². The molecule has 3 aromatic rings. The molecule has 0 saturated heterocycles. The number of nitrogens with zero attached hydrogens (tertiary/aromatic N) is 3. The molecule has 1 aliphatic rings. The van der Waals surface area contributed by atoms with Gasteiger partial charge in [0.15, 0.2) is 0 Å². The molecule has 0 aliphatic carbocycles. The van der Waals surface area contributed by atoms with Crippen LogP contribution in [0.2, 0.25) is 5.02 Å². The number of aromatic nitrogens is 2. The third kappa shape index (κ3) is 2.43. The van der Waals surface area contributed by atoms with Crippen molar-refractivity contribution in [3.63, 3.8) is 0 Å². The van der Waals surface area contributed by atoms with Crippen molar-refractivity contribution < 1.29 is 0 Å². The van der Waals surface area contributed by atoms with Crippen molar-refractivity contribution in [1.29, 1.82) is 0 Å². The average Bonchev–Trinajstić information content (AvgIpc) is 2.94. The maximum absolute atomic E-state index is 12.8. The Kier molecular flexibility index (Phi) is 3.66. The van der Waals surface area contributed by atoms with Crippen molar-refractivity contribution >= 4 is 44.4 Å². The zero-order chi connectivity index (χ0) is 17.0. The largest absolute Gasteiger partial charge is 0.333 e. The third-order valence-electron chi connectivity index (χ3n) is 4.43. The van der Waals surface area contributed by atoms with Crippen molar-refractivity contribution in [2.75, 3.05) is 4.90 Å². The highest BCUT2D eigenvalue weighted by molar-refractivity contribution is 9.10. The minimum absolute atomic E-state index is 0.0339. The fourth-order valence-corrected chi connectivity index (χ4v) is 4.10. The van der Waals surface area contributed by atoms with Gasteiger partial charge in [0, 0.05) is 29.6 Å². The molecule has 2 heterocycles. The van der Waals surface area contributed by atoms with E-state index >= 15 is 0 Å². The van der Waals surface area contributed by atoms with Crippen LogP contribution in [0.3, 0.4) is 0 Å². The smallest absolute Gasteiger partial charge is 0.262 e. The van der Waals surface area contributed by atoms with Crippen LogP contribution in [-0.4, -0.2) is 9.55 Å². The summed E-state index contributed by atoms with van der Waals surface area (Å²) in [5.74, 6) is 0.671. The van der Waals surface area contributed by atoms with Crippen LogP contribution in [0.5, 0.6) is 0 Å². The normalized spacial score (nSPS) is 13.6. The lowest BCUT2D eigenvalue weighted by Gasteiger charge is -2.20. The van der Waals surface area contributed by atoms with Crippen LogP contribution in [0.15, 0.2) is 39.6 Å². The van der Waals surface area contributed by atoms with Gasteiger partial charge in [-0.2, -0.15) is 0 Å². The molecule has 0 bridgehead atoms. The number of rotatable bonds is 1. The van der Waals surface area contributed by atoms with Gasteiger partial charge in [-0.05, 0) is 63.8 Å². The van der Waals surface area contributed by atoms with Crippen molar-refractivity contribution in [1.82, 2.24) is 9.55 Å². The van der Waals surface area contributed by atoms with Crippen molar-refractivity contribution in [2.24, 2.45) is 7.05 Å². The summed E-state index contributed by atoms with van der Waals surface area (Å²) >= 11 is 9.63. The van der Waals surface area contributed by atoms with E-state index in [2.05, 4.69) is 20.8 Å². The SMILES string of the molecule is Cc1cc(Br)c2nc(N3Cc4ccc(Cl)cc4C3)n(C)c(=O)c2c1. The third-order valence-corrected chi connectivity index (χ3v) is 5.27. The molecule has 0 amide bonds. The lowest BCUT2D eigenvalue weighted by molar-refractivity contribution is 0.745. The van der Waals surface area contributed by atoms with Gasteiger partial charge < -0.3 is 4.90 Å². The molecule has 0 fully saturated rings. The van der Waals surface area contributed by atoms with Gasteiger partial charge >= 0.3 is 0 Å². The number of benzene rings is 2. The highest BCUT2D eigenvalue weighted by Gasteiger charge is 2.23. The Balaban J connectivity index is 1.87. The highest BCUT2D eigenvalue weighted by atomic mass is 79.9. The van der Waals surface area contributed by atoms with Crippen LogP contribution in [0.25, 0.3) is 10.9 Å². The molecule has 0 atom stereocenters. The van der Waals surface area contributed by atoms with E-state index in [0.717, 1.165) is 21.6 Å². The van der Waals surface area contributed by atoms with E-state index < -0.39 is 0 Å². The predicted octanol–water partition coefficient (Wildman–Crippen LogP) is 4.18. The van der Waals surface area contributed by atoms with Gasteiger partial charge in [0.05, 0.1) is 10.9 Å². The van der Waals surface area contributed by atoms with E-state index in [4.69, 9.17) is 16.6 Å². The molecule has 0 N–H and O–H groups in total. The van der Waals surface area contributed by atoms with Gasteiger partial charge in [-0.15, -0.1) is 0 Å². The van der Waals surface area contributed by atoms with Crippen molar-refractivity contribution in [3.8, 4) is 0 Å². The lowest BCUT2D eigenvalue weighted by atomic mass is 10.1. The number of hydrogen-bond donors (Lipinski definition) is 0. The minimum Gasteiger partial charge on any atom is -0.333 e. The molecule has 0 radical (unpaired) electrons. The second-order valence-electron chi connectivity index (χ2n) is 6.19. The summed E-state index contributed by atoms with van der Waals surface area (Å²) in [6.45, 7) is 3.39. The number of aryl methyl sites for hydroxylation is 1. The Morgan fingerprint density at radius 2 is 1.92 bits per heavy atom. The van der Waals surface area contributed by atoms with Gasteiger partial charge in [-0.25, -0.2) is 4.98 Å². The quantitative estimate of drug-likeness (QED) is 0.611. The lowest BCUT2D eigenvalue weighted by Crippen LogP contribution is -2.28. The van der Waals surface area contributed by atoms with Crippen LogP contribution >= 0.6 is 27.5 Å². The summed E-state index contributed by atoms with van der Waals surface area (Å²) < 4.78 is 2.47. The fraction of sp³-hybridized carbons (Fsp3) is 0.222. The summed E-state index contributed by atoms with van der Waals surface area (Å²) in [6.07, 6.45) is 0. The first-order valence-electron chi connectivity index (χ1n) is 7.63. The number of hydrogen-bond acceptors (Lipinski definition) is 3. The molecule has 4 nitrogen and oxygen atoms in total. The Bertz CT molecular complexity index is 1040. The van der Waals surface area contributed by atoms with Gasteiger partial charge in [-0.1, -0.05) is 17.7 Å². The van der Waals surface area contributed by atoms with Crippen molar-refractivity contribution in [2.45, 2.75) is 20.0 Å². The first kappa shape index (κ1) is 15.7. The molecular weight excluding hydrogens is 390 g/mol. The first-order valence-corrected chi connectivity index (χ1v) is 8.80.